The third-order valence-corrected chi connectivity index (χ3v) is 2.35. The summed E-state index contributed by atoms with van der Waals surface area (Å²) in [6, 6.07) is 3.27. The summed E-state index contributed by atoms with van der Waals surface area (Å²) in [7, 11) is 3.00. The van der Waals surface area contributed by atoms with Crippen LogP contribution in [-0.2, 0) is 4.79 Å². The highest BCUT2D eigenvalue weighted by molar-refractivity contribution is 6.03. The van der Waals surface area contributed by atoms with Crippen LogP contribution in [0.5, 0.6) is 11.5 Å². The molecule has 5 heteroatoms. The van der Waals surface area contributed by atoms with Crippen molar-refractivity contribution < 1.29 is 19.4 Å². The van der Waals surface area contributed by atoms with E-state index < -0.39 is 12.0 Å². The number of aliphatic hydroxyl groups excluding tert-OH is 1. The van der Waals surface area contributed by atoms with Gasteiger partial charge in [-0.3, -0.25) is 4.79 Å². The second kappa shape index (κ2) is 3.43. The van der Waals surface area contributed by atoms with Gasteiger partial charge in [0, 0.05) is 12.1 Å². The van der Waals surface area contributed by atoms with E-state index in [2.05, 4.69) is 5.32 Å². The van der Waals surface area contributed by atoms with E-state index in [1.165, 1.54) is 14.2 Å². The lowest BCUT2D eigenvalue weighted by Crippen LogP contribution is -2.10. The maximum Gasteiger partial charge on any atom is 0.258 e. The molecule has 0 spiro atoms. The molecule has 1 aliphatic rings. The molecule has 1 aliphatic heterocycles. The zero-order valence-corrected chi connectivity index (χ0v) is 8.40. The number of carbonyl (C=O) groups excluding carboxylic acids is 1. The van der Waals surface area contributed by atoms with E-state index in [4.69, 9.17) is 9.47 Å². The first-order valence-electron chi connectivity index (χ1n) is 4.42. The molecule has 2 rings (SSSR count). The number of aliphatic hydroxyl groups is 1. The van der Waals surface area contributed by atoms with Gasteiger partial charge in [-0.2, -0.15) is 0 Å². The Balaban J connectivity index is 2.57. The number of fused-ring (bicyclic) bond motifs is 1. The van der Waals surface area contributed by atoms with Gasteiger partial charge in [-0.05, 0) is 0 Å². The third-order valence-electron chi connectivity index (χ3n) is 2.35. The average molecular weight is 209 g/mol. The van der Waals surface area contributed by atoms with Crippen LogP contribution < -0.4 is 14.8 Å². The lowest BCUT2D eigenvalue weighted by Gasteiger charge is -2.10. The third kappa shape index (κ3) is 1.41. The van der Waals surface area contributed by atoms with Crippen molar-refractivity contribution >= 4 is 11.6 Å². The molecule has 1 aromatic carbocycles. The van der Waals surface area contributed by atoms with Crippen LogP contribution in [-0.4, -0.2) is 25.2 Å². The van der Waals surface area contributed by atoms with Gasteiger partial charge in [0.15, 0.2) is 6.10 Å². The zero-order valence-electron chi connectivity index (χ0n) is 8.40. The summed E-state index contributed by atoms with van der Waals surface area (Å²) in [5.74, 6) is 0.562. The molecule has 0 aliphatic carbocycles. The molecule has 1 unspecified atom stereocenters. The van der Waals surface area contributed by atoms with Crippen molar-refractivity contribution in [3.05, 3.63) is 17.7 Å². The van der Waals surface area contributed by atoms with E-state index in [0.29, 0.717) is 22.7 Å². The molecule has 15 heavy (non-hydrogen) atoms. The highest BCUT2D eigenvalue weighted by Crippen LogP contribution is 2.40. The molecule has 0 fully saturated rings. The fourth-order valence-corrected chi connectivity index (χ4v) is 1.61. The smallest absolute Gasteiger partial charge is 0.258 e. The van der Waals surface area contributed by atoms with Gasteiger partial charge in [-0.25, -0.2) is 0 Å². The molecule has 0 aromatic heterocycles. The number of benzene rings is 1. The fourth-order valence-electron chi connectivity index (χ4n) is 1.61. The van der Waals surface area contributed by atoms with E-state index in [9.17, 15) is 9.90 Å². The normalized spacial score (nSPS) is 18.3. The maximum atomic E-state index is 11.2. The van der Waals surface area contributed by atoms with Crippen molar-refractivity contribution in [1.29, 1.82) is 0 Å². The fraction of sp³-hybridized carbons (Fsp3) is 0.300. The van der Waals surface area contributed by atoms with Crippen LogP contribution in [0.3, 0.4) is 0 Å². The molecule has 0 saturated heterocycles. The van der Waals surface area contributed by atoms with Gasteiger partial charge in [-0.15, -0.1) is 0 Å². The van der Waals surface area contributed by atoms with Crippen LogP contribution in [0.25, 0.3) is 0 Å². The number of hydrogen-bond acceptors (Lipinski definition) is 4. The van der Waals surface area contributed by atoms with Crippen molar-refractivity contribution in [2.45, 2.75) is 6.10 Å². The SMILES string of the molecule is COc1cc2c(c(OC)c1)C(O)C(=O)N2. The summed E-state index contributed by atoms with van der Waals surface area (Å²) in [4.78, 5) is 11.2. The lowest BCUT2D eigenvalue weighted by atomic mass is 10.1. The van der Waals surface area contributed by atoms with Gasteiger partial charge in [-0.1, -0.05) is 0 Å². The highest BCUT2D eigenvalue weighted by atomic mass is 16.5. The van der Waals surface area contributed by atoms with Crippen LogP contribution in [0, 0.1) is 0 Å². The molecular formula is C10H11NO4. The first-order valence-corrected chi connectivity index (χ1v) is 4.42. The Labute approximate surface area is 86.6 Å². The summed E-state index contributed by atoms with van der Waals surface area (Å²) in [5.41, 5.74) is 0.993. The summed E-state index contributed by atoms with van der Waals surface area (Å²) >= 11 is 0. The number of carbonyl (C=O) groups is 1. The van der Waals surface area contributed by atoms with Gasteiger partial charge in [0.25, 0.3) is 5.91 Å². The van der Waals surface area contributed by atoms with Gasteiger partial charge < -0.3 is 19.9 Å². The minimum atomic E-state index is -1.17. The molecule has 1 heterocycles. The standard InChI is InChI=1S/C10H11NO4/c1-14-5-3-6-8(7(4-5)15-2)9(12)10(13)11-6/h3-4,9,12H,1-2H3,(H,11,13). The van der Waals surface area contributed by atoms with Crippen molar-refractivity contribution in [1.82, 2.24) is 0 Å². The molecule has 0 radical (unpaired) electrons. The number of anilines is 1. The number of ether oxygens (including phenoxy) is 2. The monoisotopic (exact) mass is 209 g/mol. The van der Waals surface area contributed by atoms with Crippen molar-refractivity contribution in [2.24, 2.45) is 0 Å². The minimum absolute atomic E-state index is 0.440. The Hall–Kier alpha value is -1.75. The number of amides is 1. The average Bonchev–Trinajstić information content (AvgIpc) is 2.53. The Morgan fingerprint density at radius 2 is 2.07 bits per heavy atom. The van der Waals surface area contributed by atoms with E-state index in [1.807, 2.05) is 0 Å². The maximum absolute atomic E-state index is 11.2. The van der Waals surface area contributed by atoms with Crippen molar-refractivity contribution in [3.63, 3.8) is 0 Å². The quantitative estimate of drug-likeness (QED) is 0.752. The second-order valence-corrected chi connectivity index (χ2v) is 3.18. The Morgan fingerprint density at radius 3 is 2.67 bits per heavy atom. The van der Waals surface area contributed by atoms with E-state index in [-0.39, 0.29) is 0 Å². The van der Waals surface area contributed by atoms with E-state index in [0.717, 1.165) is 0 Å². The van der Waals surface area contributed by atoms with Gasteiger partial charge in [0.05, 0.1) is 25.5 Å². The van der Waals surface area contributed by atoms with Gasteiger partial charge in [0.1, 0.15) is 11.5 Å². The number of nitrogens with one attached hydrogen (secondary N) is 1. The highest BCUT2D eigenvalue weighted by Gasteiger charge is 2.32. The topological polar surface area (TPSA) is 67.8 Å². The zero-order chi connectivity index (χ0) is 11.0. The summed E-state index contributed by atoms with van der Waals surface area (Å²) in [6.45, 7) is 0. The molecule has 2 N–H and O–H groups in total. The van der Waals surface area contributed by atoms with Crippen molar-refractivity contribution in [3.8, 4) is 11.5 Å². The van der Waals surface area contributed by atoms with Crippen LogP contribution in [0.2, 0.25) is 0 Å². The first kappa shape index (κ1) is 9.79. The lowest BCUT2D eigenvalue weighted by molar-refractivity contribution is -0.123. The minimum Gasteiger partial charge on any atom is -0.497 e. The Morgan fingerprint density at radius 1 is 1.33 bits per heavy atom. The molecule has 1 amide bonds. The first-order chi connectivity index (χ1) is 7.17. The number of hydrogen-bond donors (Lipinski definition) is 2. The van der Waals surface area contributed by atoms with Gasteiger partial charge >= 0.3 is 0 Å². The predicted octanol–water partition coefficient (Wildman–Crippen LogP) is 0.689. The molecule has 0 saturated carbocycles. The van der Waals surface area contributed by atoms with E-state index in [1.54, 1.807) is 12.1 Å². The van der Waals surface area contributed by atoms with Crippen LogP contribution >= 0.6 is 0 Å². The molecule has 1 atom stereocenters. The molecular weight excluding hydrogens is 198 g/mol. The Bertz CT molecular complexity index is 416. The largest absolute Gasteiger partial charge is 0.497 e. The summed E-state index contributed by atoms with van der Waals surface area (Å²) in [6.07, 6.45) is -1.17. The number of methoxy groups -OCH3 is 2. The Kier molecular flexibility index (Phi) is 2.24. The van der Waals surface area contributed by atoms with Crippen LogP contribution in [0.4, 0.5) is 5.69 Å². The van der Waals surface area contributed by atoms with Crippen LogP contribution in [0.1, 0.15) is 11.7 Å². The number of rotatable bonds is 2. The summed E-state index contributed by atoms with van der Waals surface area (Å²) in [5, 5.41) is 12.1. The van der Waals surface area contributed by atoms with E-state index >= 15 is 0 Å². The van der Waals surface area contributed by atoms with Crippen molar-refractivity contribution in [2.75, 3.05) is 19.5 Å². The molecule has 0 bridgehead atoms. The summed E-state index contributed by atoms with van der Waals surface area (Å²) < 4.78 is 10.1. The second-order valence-electron chi connectivity index (χ2n) is 3.18. The predicted molar refractivity (Wildman–Crippen MR) is 53.1 cm³/mol. The molecule has 5 nitrogen and oxygen atoms in total. The molecule has 80 valence electrons. The molecule has 1 aromatic rings. The van der Waals surface area contributed by atoms with Gasteiger partial charge in [0.2, 0.25) is 0 Å². The van der Waals surface area contributed by atoms with Crippen LogP contribution in [0.15, 0.2) is 12.1 Å².